The van der Waals surface area contributed by atoms with E-state index in [-0.39, 0.29) is 23.9 Å². The molecule has 0 radical (unpaired) electrons. The molecule has 2 heterocycles. The van der Waals surface area contributed by atoms with Gasteiger partial charge in [0, 0.05) is 19.3 Å². The fourth-order valence-electron chi connectivity index (χ4n) is 2.24. The van der Waals surface area contributed by atoms with Crippen molar-refractivity contribution in [1.82, 2.24) is 9.88 Å². The number of carbonyl (C=O) groups is 1. The van der Waals surface area contributed by atoms with E-state index in [1.165, 1.54) is 6.07 Å². The van der Waals surface area contributed by atoms with Crippen LogP contribution in [0.15, 0.2) is 23.4 Å². The molecule has 122 valence electrons. The van der Waals surface area contributed by atoms with Gasteiger partial charge in [-0.15, -0.1) is 0 Å². The Morgan fingerprint density at radius 1 is 1.36 bits per heavy atom. The third-order valence-corrected chi connectivity index (χ3v) is 4.11. The summed E-state index contributed by atoms with van der Waals surface area (Å²) in [5.41, 5.74) is -0.793. The van der Waals surface area contributed by atoms with Gasteiger partial charge in [-0.05, 0) is 26.0 Å². The summed E-state index contributed by atoms with van der Waals surface area (Å²) in [4.78, 5) is 17.6. The van der Waals surface area contributed by atoms with Crippen LogP contribution in [-0.4, -0.2) is 46.8 Å². The highest BCUT2D eigenvalue weighted by Crippen LogP contribution is 2.29. The molecule has 4 nitrogen and oxygen atoms in total. The van der Waals surface area contributed by atoms with E-state index in [0.717, 1.165) is 24.0 Å². The molecule has 1 amide bonds. The molecular formula is C14H17F3N2O2S. The summed E-state index contributed by atoms with van der Waals surface area (Å²) >= 11 is 1.13. The van der Waals surface area contributed by atoms with E-state index in [4.69, 9.17) is 4.74 Å². The summed E-state index contributed by atoms with van der Waals surface area (Å²) in [6.07, 6.45) is -3.64. The zero-order chi connectivity index (χ0) is 16.3. The number of rotatable bonds is 3. The van der Waals surface area contributed by atoms with Crippen LogP contribution in [0.2, 0.25) is 0 Å². The predicted molar refractivity (Wildman–Crippen MR) is 76.6 cm³/mol. The van der Waals surface area contributed by atoms with E-state index < -0.39 is 11.7 Å². The molecule has 2 unspecified atom stereocenters. The average molecular weight is 334 g/mol. The first-order valence-electron chi connectivity index (χ1n) is 6.85. The minimum Gasteiger partial charge on any atom is -0.372 e. The van der Waals surface area contributed by atoms with Crippen molar-refractivity contribution in [3.05, 3.63) is 23.9 Å². The van der Waals surface area contributed by atoms with E-state index in [2.05, 4.69) is 4.98 Å². The number of carbonyl (C=O) groups excluding carboxylic acids is 1. The van der Waals surface area contributed by atoms with Gasteiger partial charge < -0.3 is 9.64 Å². The normalized spacial score (nSPS) is 22.7. The fraction of sp³-hybridized carbons (Fsp3) is 0.571. The number of amides is 1. The number of pyridine rings is 1. The van der Waals surface area contributed by atoms with Crippen LogP contribution in [0.5, 0.6) is 0 Å². The molecule has 0 bridgehead atoms. The molecule has 1 aliphatic rings. The standard InChI is InChI=1S/C14H17F3N2O2S/c1-9-6-19(7-10(2)21-9)13(20)8-22-12-4-3-11(5-18-12)14(15,16)17/h3-5,9-10H,6-8H2,1-2H3. The molecule has 2 rings (SSSR count). The van der Waals surface area contributed by atoms with Gasteiger partial charge in [-0.3, -0.25) is 4.79 Å². The lowest BCUT2D eigenvalue weighted by atomic mass is 10.2. The van der Waals surface area contributed by atoms with Crippen molar-refractivity contribution in [1.29, 1.82) is 0 Å². The second-order valence-electron chi connectivity index (χ2n) is 5.23. The Hall–Kier alpha value is -1.28. The summed E-state index contributed by atoms with van der Waals surface area (Å²) in [7, 11) is 0. The molecule has 1 aromatic heterocycles. The minimum absolute atomic E-state index is 0.0121. The summed E-state index contributed by atoms with van der Waals surface area (Å²) < 4.78 is 42.8. The molecule has 1 saturated heterocycles. The smallest absolute Gasteiger partial charge is 0.372 e. The monoisotopic (exact) mass is 334 g/mol. The van der Waals surface area contributed by atoms with Crippen LogP contribution in [0, 0.1) is 0 Å². The van der Waals surface area contributed by atoms with E-state index >= 15 is 0 Å². The highest BCUT2D eigenvalue weighted by atomic mass is 32.2. The lowest BCUT2D eigenvalue weighted by Crippen LogP contribution is -2.48. The Kier molecular flexibility index (Phi) is 5.33. The number of thioether (sulfide) groups is 1. The molecule has 1 aromatic rings. The van der Waals surface area contributed by atoms with Gasteiger partial charge in [-0.25, -0.2) is 4.98 Å². The number of aromatic nitrogens is 1. The maximum absolute atomic E-state index is 12.4. The number of ether oxygens (including phenoxy) is 1. The van der Waals surface area contributed by atoms with Crippen LogP contribution in [0.25, 0.3) is 0 Å². The minimum atomic E-state index is -4.40. The summed E-state index contributed by atoms with van der Waals surface area (Å²) in [6, 6.07) is 2.25. The molecule has 0 aliphatic carbocycles. The molecule has 22 heavy (non-hydrogen) atoms. The molecule has 1 aliphatic heterocycles. The maximum atomic E-state index is 12.4. The first-order valence-corrected chi connectivity index (χ1v) is 7.83. The number of hydrogen-bond donors (Lipinski definition) is 0. The molecule has 0 saturated carbocycles. The largest absolute Gasteiger partial charge is 0.417 e. The van der Waals surface area contributed by atoms with Crippen molar-refractivity contribution in [2.24, 2.45) is 0 Å². The third kappa shape index (κ3) is 4.61. The van der Waals surface area contributed by atoms with Gasteiger partial charge in [0.1, 0.15) is 0 Å². The second-order valence-corrected chi connectivity index (χ2v) is 6.22. The van der Waals surface area contributed by atoms with Gasteiger partial charge >= 0.3 is 6.18 Å². The van der Waals surface area contributed by atoms with Crippen LogP contribution in [0.4, 0.5) is 13.2 Å². The van der Waals surface area contributed by atoms with Crippen LogP contribution >= 0.6 is 11.8 Å². The van der Waals surface area contributed by atoms with Crippen LogP contribution < -0.4 is 0 Å². The molecule has 0 aromatic carbocycles. The quantitative estimate of drug-likeness (QED) is 0.797. The number of morpholine rings is 1. The zero-order valence-corrected chi connectivity index (χ0v) is 13.1. The highest BCUT2D eigenvalue weighted by Gasteiger charge is 2.30. The first kappa shape index (κ1) is 17.1. The summed E-state index contributed by atoms with van der Waals surface area (Å²) in [5, 5.41) is 0.399. The van der Waals surface area contributed by atoms with Crippen LogP contribution in [0.1, 0.15) is 19.4 Å². The van der Waals surface area contributed by atoms with Gasteiger partial charge in [-0.2, -0.15) is 13.2 Å². The molecule has 2 atom stereocenters. The van der Waals surface area contributed by atoms with Crippen molar-refractivity contribution >= 4 is 17.7 Å². The first-order chi connectivity index (χ1) is 10.3. The van der Waals surface area contributed by atoms with Crippen molar-refractivity contribution in [3.63, 3.8) is 0 Å². The summed E-state index contributed by atoms with van der Waals surface area (Å²) in [6.45, 7) is 4.87. The van der Waals surface area contributed by atoms with Gasteiger partial charge in [0.15, 0.2) is 0 Å². The Morgan fingerprint density at radius 3 is 2.50 bits per heavy atom. The average Bonchev–Trinajstić information content (AvgIpc) is 2.43. The molecule has 8 heteroatoms. The number of hydrogen-bond acceptors (Lipinski definition) is 4. The van der Waals surface area contributed by atoms with Crippen molar-refractivity contribution in [3.8, 4) is 0 Å². The lowest BCUT2D eigenvalue weighted by molar-refractivity contribution is -0.140. The van der Waals surface area contributed by atoms with Gasteiger partial charge in [0.05, 0.1) is 28.6 Å². The molecular weight excluding hydrogens is 317 g/mol. The van der Waals surface area contributed by atoms with Gasteiger partial charge in [-0.1, -0.05) is 11.8 Å². The highest BCUT2D eigenvalue weighted by molar-refractivity contribution is 7.99. The third-order valence-electron chi connectivity index (χ3n) is 3.18. The predicted octanol–water partition coefficient (Wildman–Crippen LogP) is 2.83. The SMILES string of the molecule is CC1CN(C(=O)CSc2ccc(C(F)(F)F)cn2)CC(C)O1. The Balaban J connectivity index is 1.88. The van der Waals surface area contributed by atoms with E-state index in [9.17, 15) is 18.0 Å². The summed E-state index contributed by atoms with van der Waals surface area (Å²) in [5.74, 6) is 0.0892. The van der Waals surface area contributed by atoms with Crippen molar-refractivity contribution < 1.29 is 22.7 Å². The molecule has 0 N–H and O–H groups in total. The van der Waals surface area contributed by atoms with Crippen LogP contribution in [-0.2, 0) is 15.7 Å². The fourth-order valence-corrected chi connectivity index (χ4v) is 2.99. The Bertz CT molecular complexity index is 512. The van der Waals surface area contributed by atoms with Crippen molar-refractivity contribution in [2.75, 3.05) is 18.8 Å². The van der Waals surface area contributed by atoms with Gasteiger partial charge in [0.2, 0.25) is 5.91 Å². The molecule has 1 fully saturated rings. The molecule has 0 spiro atoms. The lowest BCUT2D eigenvalue weighted by Gasteiger charge is -2.35. The topological polar surface area (TPSA) is 42.4 Å². The van der Waals surface area contributed by atoms with E-state index in [0.29, 0.717) is 18.1 Å². The van der Waals surface area contributed by atoms with Crippen molar-refractivity contribution in [2.45, 2.75) is 37.3 Å². The van der Waals surface area contributed by atoms with E-state index in [1.54, 1.807) is 4.90 Å². The number of halogens is 3. The Labute approximate surface area is 131 Å². The van der Waals surface area contributed by atoms with Gasteiger partial charge in [0.25, 0.3) is 0 Å². The maximum Gasteiger partial charge on any atom is 0.417 e. The Morgan fingerprint density at radius 2 is 2.00 bits per heavy atom. The number of alkyl halides is 3. The van der Waals surface area contributed by atoms with Crippen LogP contribution in [0.3, 0.4) is 0 Å². The second kappa shape index (κ2) is 6.87. The zero-order valence-electron chi connectivity index (χ0n) is 12.3. The van der Waals surface area contributed by atoms with E-state index in [1.807, 2.05) is 13.8 Å². The number of nitrogens with zero attached hydrogens (tertiary/aromatic N) is 2.